The Labute approximate surface area is 115 Å². The first kappa shape index (κ1) is 16.9. The zero-order valence-corrected chi connectivity index (χ0v) is 12.3. The largest absolute Gasteiger partial charge is 0.345 e. The van der Waals surface area contributed by atoms with E-state index in [9.17, 15) is 4.79 Å². The van der Waals surface area contributed by atoms with Crippen LogP contribution in [0.4, 0.5) is 0 Å². The topological polar surface area (TPSA) is 72.9 Å². The molecule has 3 N–H and O–H groups in total. The van der Waals surface area contributed by atoms with Gasteiger partial charge >= 0.3 is 0 Å². The fourth-order valence-corrected chi connectivity index (χ4v) is 1.90. The first-order valence-corrected chi connectivity index (χ1v) is 6.00. The molecule has 0 saturated heterocycles. The standard InChI is InChI=1S/C12H22N4O.ClH/c1-5-12(6-2,8-13)14-11(17)10-7-16(4)15-9(10)3;/h7H,5-6,8,13H2,1-4H3,(H,14,17);1H. The molecular weight excluding hydrogens is 252 g/mol. The highest BCUT2D eigenvalue weighted by atomic mass is 35.5. The summed E-state index contributed by atoms with van der Waals surface area (Å²) in [5, 5.41) is 7.20. The zero-order chi connectivity index (χ0) is 13.1. The molecule has 1 aromatic heterocycles. The van der Waals surface area contributed by atoms with E-state index in [1.165, 1.54) is 0 Å². The van der Waals surface area contributed by atoms with Gasteiger partial charge in [-0.1, -0.05) is 13.8 Å². The molecule has 0 bridgehead atoms. The Bertz CT molecular complexity index is 391. The van der Waals surface area contributed by atoms with E-state index in [1.54, 1.807) is 17.9 Å². The lowest BCUT2D eigenvalue weighted by Gasteiger charge is -2.31. The minimum atomic E-state index is -0.306. The number of rotatable bonds is 5. The summed E-state index contributed by atoms with van der Waals surface area (Å²) in [6.07, 6.45) is 3.38. The molecule has 1 aromatic rings. The van der Waals surface area contributed by atoms with E-state index in [0.29, 0.717) is 12.1 Å². The van der Waals surface area contributed by atoms with Gasteiger partial charge in [-0.2, -0.15) is 5.10 Å². The van der Waals surface area contributed by atoms with E-state index in [1.807, 2.05) is 20.8 Å². The van der Waals surface area contributed by atoms with Crippen molar-refractivity contribution in [1.82, 2.24) is 15.1 Å². The van der Waals surface area contributed by atoms with Gasteiger partial charge in [0, 0.05) is 19.8 Å². The number of nitrogens with two attached hydrogens (primary N) is 1. The van der Waals surface area contributed by atoms with Crippen LogP contribution in [0.1, 0.15) is 42.7 Å². The lowest BCUT2D eigenvalue weighted by molar-refractivity contribution is 0.0894. The van der Waals surface area contributed by atoms with Crippen LogP contribution >= 0.6 is 12.4 Å². The third-order valence-electron chi connectivity index (χ3n) is 3.38. The molecule has 104 valence electrons. The number of carbonyl (C=O) groups is 1. The van der Waals surface area contributed by atoms with Gasteiger partial charge in [-0.05, 0) is 19.8 Å². The first-order valence-electron chi connectivity index (χ1n) is 6.00. The van der Waals surface area contributed by atoms with Crippen molar-refractivity contribution in [3.05, 3.63) is 17.5 Å². The summed E-state index contributed by atoms with van der Waals surface area (Å²) in [6, 6.07) is 0. The van der Waals surface area contributed by atoms with Crippen LogP contribution in [0.15, 0.2) is 6.20 Å². The molecule has 1 amide bonds. The van der Waals surface area contributed by atoms with Crippen molar-refractivity contribution in [2.24, 2.45) is 12.8 Å². The van der Waals surface area contributed by atoms with Crippen LogP contribution in [0.25, 0.3) is 0 Å². The molecule has 0 atom stereocenters. The van der Waals surface area contributed by atoms with Crippen LogP contribution < -0.4 is 11.1 Å². The minimum Gasteiger partial charge on any atom is -0.345 e. The summed E-state index contributed by atoms with van der Waals surface area (Å²) in [7, 11) is 1.81. The van der Waals surface area contributed by atoms with Gasteiger partial charge in [-0.15, -0.1) is 12.4 Å². The van der Waals surface area contributed by atoms with E-state index < -0.39 is 0 Å². The molecule has 0 unspecified atom stereocenters. The van der Waals surface area contributed by atoms with Crippen LogP contribution in [0, 0.1) is 6.92 Å². The van der Waals surface area contributed by atoms with E-state index in [0.717, 1.165) is 18.5 Å². The maximum atomic E-state index is 12.2. The molecule has 0 fully saturated rings. The molecule has 5 nitrogen and oxygen atoms in total. The summed E-state index contributed by atoms with van der Waals surface area (Å²) < 4.78 is 1.65. The maximum Gasteiger partial charge on any atom is 0.255 e. The van der Waals surface area contributed by atoms with E-state index in [4.69, 9.17) is 5.73 Å². The average molecular weight is 275 g/mol. The van der Waals surface area contributed by atoms with E-state index in [2.05, 4.69) is 10.4 Å². The predicted octanol–water partition coefficient (Wildman–Crippen LogP) is 1.40. The third kappa shape index (κ3) is 3.46. The van der Waals surface area contributed by atoms with Gasteiger partial charge in [-0.3, -0.25) is 9.48 Å². The van der Waals surface area contributed by atoms with Crippen molar-refractivity contribution in [3.8, 4) is 0 Å². The second-order valence-electron chi connectivity index (χ2n) is 4.45. The third-order valence-corrected chi connectivity index (χ3v) is 3.38. The highest BCUT2D eigenvalue weighted by molar-refractivity contribution is 5.95. The van der Waals surface area contributed by atoms with Crippen LogP contribution in [0.5, 0.6) is 0 Å². The lowest BCUT2D eigenvalue weighted by atomic mass is 9.92. The molecule has 1 rings (SSSR count). The molecule has 0 radical (unpaired) electrons. The monoisotopic (exact) mass is 274 g/mol. The molecule has 0 aliphatic heterocycles. The summed E-state index contributed by atoms with van der Waals surface area (Å²) in [5.41, 5.74) is 6.81. The Morgan fingerprint density at radius 2 is 2.06 bits per heavy atom. The number of hydrogen-bond donors (Lipinski definition) is 2. The molecule has 6 heteroatoms. The Kier molecular flexibility index (Phi) is 6.35. The number of aryl methyl sites for hydroxylation is 2. The molecule has 0 aromatic carbocycles. The fraction of sp³-hybridized carbons (Fsp3) is 0.667. The maximum absolute atomic E-state index is 12.2. The van der Waals surface area contributed by atoms with Crippen LogP contribution in [0.3, 0.4) is 0 Å². The number of aromatic nitrogens is 2. The van der Waals surface area contributed by atoms with Gasteiger partial charge < -0.3 is 11.1 Å². The Morgan fingerprint density at radius 1 is 1.50 bits per heavy atom. The minimum absolute atomic E-state index is 0. The Morgan fingerprint density at radius 3 is 2.39 bits per heavy atom. The van der Waals surface area contributed by atoms with Crippen molar-refractivity contribution in [1.29, 1.82) is 0 Å². The van der Waals surface area contributed by atoms with Crippen LogP contribution in [0.2, 0.25) is 0 Å². The zero-order valence-electron chi connectivity index (χ0n) is 11.5. The van der Waals surface area contributed by atoms with Gasteiger partial charge in [0.05, 0.1) is 16.8 Å². The second-order valence-corrected chi connectivity index (χ2v) is 4.45. The molecular formula is C12H23ClN4O. The molecule has 0 aliphatic carbocycles. The highest BCUT2D eigenvalue weighted by Gasteiger charge is 2.27. The van der Waals surface area contributed by atoms with Gasteiger partial charge in [0.1, 0.15) is 0 Å². The van der Waals surface area contributed by atoms with E-state index in [-0.39, 0.29) is 23.9 Å². The van der Waals surface area contributed by atoms with E-state index >= 15 is 0 Å². The Hall–Kier alpha value is -1.07. The summed E-state index contributed by atoms with van der Waals surface area (Å²) >= 11 is 0. The van der Waals surface area contributed by atoms with Crippen molar-refractivity contribution < 1.29 is 4.79 Å². The molecule has 0 aliphatic rings. The summed E-state index contributed by atoms with van der Waals surface area (Å²) in [5.74, 6) is -0.0928. The molecule has 0 saturated carbocycles. The number of carbonyl (C=O) groups excluding carboxylic acids is 1. The summed E-state index contributed by atoms with van der Waals surface area (Å²) in [4.78, 5) is 12.2. The van der Waals surface area contributed by atoms with Crippen LogP contribution in [-0.4, -0.2) is 27.8 Å². The van der Waals surface area contributed by atoms with Crippen molar-refractivity contribution >= 4 is 18.3 Å². The number of amides is 1. The number of nitrogens with zero attached hydrogens (tertiary/aromatic N) is 2. The normalized spacial score (nSPS) is 10.9. The van der Waals surface area contributed by atoms with Crippen molar-refractivity contribution in [2.75, 3.05) is 6.54 Å². The smallest absolute Gasteiger partial charge is 0.255 e. The summed E-state index contributed by atoms with van der Waals surface area (Å²) in [6.45, 7) is 6.35. The van der Waals surface area contributed by atoms with Gasteiger partial charge in [-0.25, -0.2) is 0 Å². The van der Waals surface area contributed by atoms with Gasteiger partial charge in [0.25, 0.3) is 5.91 Å². The highest BCUT2D eigenvalue weighted by Crippen LogP contribution is 2.15. The number of hydrogen-bond acceptors (Lipinski definition) is 3. The fourth-order valence-electron chi connectivity index (χ4n) is 1.90. The van der Waals surface area contributed by atoms with Crippen LogP contribution in [-0.2, 0) is 7.05 Å². The quantitative estimate of drug-likeness (QED) is 0.852. The van der Waals surface area contributed by atoms with Gasteiger partial charge in [0.15, 0.2) is 0 Å². The lowest BCUT2D eigenvalue weighted by Crippen LogP contribution is -2.52. The molecule has 1 heterocycles. The predicted molar refractivity (Wildman–Crippen MR) is 75.0 cm³/mol. The Balaban J connectivity index is 0.00000289. The number of halogens is 1. The SMILES string of the molecule is CCC(CC)(CN)NC(=O)c1cn(C)nc1C.Cl. The van der Waals surface area contributed by atoms with Crippen molar-refractivity contribution in [2.45, 2.75) is 39.2 Å². The molecule has 0 spiro atoms. The van der Waals surface area contributed by atoms with Crippen molar-refractivity contribution in [3.63, 3.8) is 0 Å². The average Bonchev–Trinajstić information content (AvgIpc) is 2.65. The number of nitrogens with one attached hydrogen (secondary N) is 1. The van der Waals surface area contributed by atoms with Gasteiger partial charge in [0.2, 0.25) is 0 Å². The first-order chi connectivity index (χ1) is 7.98. The second kappa shape index (κ2) is 6.75. The molecule has 18 heavy (non-hydrogen) atoms.